The first-order valence-corrected chi connectivity index (χ1v) is 10.7. The van der Waals surface area contributed by atoms with Gasteiger partial charge in [0.1, 0.15) is 12.4 Å². The number of benzene rings is 1. The number of imidazole rings is 1. The van der Waals surface area contributed by atoms with Crippen molar-refractivity contribution >= 4 is 40.8 Å². The summed E-state index contributed by atoms with van der Waals surface area (Å²) in [5.74, 6) is 2.42. The van der Waals surface area contributed by atoms with E-state index < -0.39 is 0 Å². The zero-order chi connectivity index (χ0) is 20.6. The Morgan fingerprint density at radius 3 is 2.77 bits per heavy atom. The maximum atomic E-state index is 4.74. The third-order valence-electron chi connectivity index (χ3n) is 5.04. The number of aliphatic imine (C=N–C) groups is 1. The molecule has 0 saturated heterocycles. The van der Waals surface area contributed by atoms with Gasteiger partial charge in [0, 0.05) is 49.1 Å². The van der Waals surface area contributed by atoms with Crippen molar-refractivity contribution in [3.05, 3.63) is 53.7 Å². The normalized spacial score (nSPS) is 11.7. The topological polar surface area (TPSA) is 70.0 Å². The maximum Gasteiger partial charge on any atom is 0.191 e. The highest BCUT2D eigenvalue weighted by molar-refractivity contribution is 14.0. The summed E-state index contributed by atoms with van der Waals surface area (Å²) in [6, 6.07) is 6.55. The van der Waals surface area contributed by atoms with Crippen molar-refractivity contribution in [2.75, 3.05) is 13.1 Å². The fraction of sp³-hybridized carbons (Fsp3) is 0.478. The largest absolute Gasteiger partial charge is 0.361 e. The molecule has 0 fully saturated rings. The SMILES string of the molecule is CCNC(=NCc1nccn1CC(C)C)NCCc1c[nH]c2c(CC)cccc12.I. The predicted molar refractivity (Wildman–Crippen MR) is 137 cm³/mol. The summed E-state index contributed by atoms with van der Waals surface area (Å²) in [6.07, 6.45) is 8.01. The van der Waals surface area contributed by atoms with E-state index in [0.29, 0.717) is 12.5 Å². The van der Waals surface area contributed by atoms with Gasteiger partial charge >= 0.3 is 0 Å². The minimum atomic E-state index is 0. The molecule has 0 atom stereocenters. The minimum absolute atomic E-state index is 0. The van der Waals surface area contributed by atoms with E-state index in [1.54, 1.807) is 0 Å². The molecule has 0 amide bonds. The van der Waals surface area contributed by atoms with Gasteiger partial charge in [0.25, 0.3) is 0 Å². The van der Waals surface area contributed by atoms with Crippen LogP contribution in [0.3, 0.4) is 0 Å². The van der Waals surface area contributed by atoms with E-state index in [2.05, 4.69) is 77.3 Å². The molecule has 0 aliphatic carbocycles. The summed E-state index contributed by atoms with van der Waals surface area (Å²) in [6.45, 7) is 11.9. The molecular weight excluding hydrogens is 487 g/mol. The van der Waals surface area contributed by atoms with Crippen LogP contribution in [0.25, 0.3) is 10.9 Å². The fourth-order valence-corrected chi connectivity index (χ4v) is 3.64. The Labute approximate surface area is 197 Å². The molecule has 0 aliphatic heterocycles. The van der Waals surface area contributed by atoms with E-state index in [1.807, 2.05) is 12.4 Å². The zero-order valence-corrected chi connectivity index (χ0v) is 20.9. The number of halogens is 1. The van der Waals surface area contributed by atoms with Crippen LogP contribution in [-0.4, -0.2) is 33.6 Å². The second-order valence-electron chi connectivity index (χ2n) is 7.77. The monoisotopic (exact) mass is 522 g/mol. The number of aryl methyl sites for hydroxylation is 1. The number of rotatable bonds is 9. The summed E-state index contributed by atoms with van der Waals surface area (Å²) in [7, 11) is 0. The van der Waals surface area contributed by atoms with Gasteiger partial charge in [-0.2, -0.15) is 0 Å². The number of fused-ring (bicyclic) bond motifs is 1. The molecule has 3 aromatic rings. The van der Waals surface area contributed by atoms with Gasteiger partial charge < -0.3 is 20.2 Å². The lowest BCUT2D eigenvalue weighted by molar-refractivity contribution is 0.507. The third kappa shape index (κ3) is 6.23. The molecule has 1 aromatic carbocycles. The van der Waals surface area contributed by atoms with Crippen LogP contribution in [0.5, 0.6) is 0 Å². The van der Waals surface area contributed by atoms with Crippen LogP contribution in [0.4, 0.5) is 0 Å². The standard InChI is InChI=1S/C23H34N6.HI/c1-5-18-8-7-9-20-19(14-27-22(18)20)10-11-26-23(24-6-2)28-15-21-25-12-13-29(21)16-17(3)4;/h7-9,12-14,17,27H,5-6,10-11,15-16H2,1-4H3,(H2,24,26,28);1H. The van der Waals surface area contributed by atoms with Crippen molar-refractivity contribution in [2.24, 2.45) is 10.9 Å². The zero-order valence-electron chi connectivity index (χ0n) is 18.5. The lowest BCUT2D eigenvalue weighted by Gasteiger charge is -2.12. The first-order chi connectivity index (χ1) is 14.1. The minimum Gasteiger partial charge on any atom is -0.361 e. The fourth-order valence-electron chi connectivity index (χ4n) is 3.64. The average molecular weight is 522 g/mol. The smallest absolute Gasteiger partial charge is 0.191 e. The highest BCUT2D eigenvalue weighted by Gasteiger charge is 2.08. The Hall–Kier alpha value is -2.03. The van der Waals surface area contributed by atoms with E-state index >= 15 is 0 Å². The number of guanidine groups is 1. The predicted octanol–water partition coefficient (Wildman–Crippen LogP) is 4.50. The summed E-state index contributed by atoms with van der Waals surface area (Å²) < 4.78 is 2.19. The number of aromatic amines is 1. The quantitative estimate of drug-likeness (QED) is 0.220. The Balaban J connectivity index is 0.00000320. The van der Waals surface area contributed by atoms with Crippen LogP contribution in [0.2, 0.25) is 0 Å². The Kier molecular flexibility index (Phi) is 9.68. The molecule has 0 unspecified atom stereocenters. The van der Waals surface area contributed by atoms with Gasteiger partial charge in [-0.25, -0.2) is 9.98 Å². The van der Waals surface area contributed by atoms with E-state index in [-0.39, 0.29) is 24.0 Å². The number of hydrogen-bond donors (Lipinski definition) is 3. The van der Waals surface area contributed by atoms with Crippen molar-refractivity contribution in [1.29, 1.82) is 0 Å². The van der Waals surface area contributed by atoms with Crippen LogP contribution in [0.1, 0.15) is 44.6 Å². The lowest BCUT2D eigenvalue weighted by atomic mass is 10.1. The number of aromatic nitrogens is 3. The molecule has 164 valence electrons. The van der Waals surface area contributed by atoms with Crippen LogP contribution < -0.4 is 10.6 Å². The molecule has 7 heteroatoms. The molecule has 0 radical (unpaired) electrons. The van der Waals surface area contributed by atoms with Crippen molar-refractivity contribution in [1.82, 2.24) is 25.2 Å². The highest BCUT2D eigenvalue weighted by atomic mass is 127. The average Bonchev–Trinajstić information content (AvgIpc) is 3.32. The van der Waals surface area contributed by atoms with E-state index in [0.717, 1.165) is 44.3 Å². The van der Waals surface area contributed by atoms with Crippen molar-refractivity contribution in [2.45, 2.75) is 53.6 Å². The van der Waals surface area contributed by atoms with E-state index in [4.69, 9.17) is 4.99 Å². The van der Waals surface area contributed by atoms with Gasteiger partial charge in [-0.15, -0.1) is 24.0 Å². The Morgan fingerprint density at radius 1 is 1.20 bits per heavy atom. The van der Waals surface area contributed by atoms with Crippen LogP contribution in [0.15, 0.2) is 41.8 Å². The van der Waals surface area contributed by atoms with Gasteiger partial charge in [-0.3, -0.25) is 0 Å². The Bertz CT molecular complexity index is 940. The first kappa shape index (κ1) is 24.2. The van der Waals surface area contributed by atoms with E-state index in [9.17, 15) is 0 Å². The lowest BCUT2D eigenvalue weighted by Crippen LogP contribution is -2.38. The number of H-pyrrole nitrogens is 1. The van der Waals surface area contributed by atoms with Crippen molar-refractivity contribution in [3.63, 3.8) is 0 Å². The summed E-state index contributed by atoms with van der Waals surface area (Å²) in [5.41, 5.74) is 3.97. The van der Waals surface area contributed by atoms with Crippen LogP contribution >= 0.6 is 24.0 Å². The molecule has 0 bridgehead atoms. The molecular formula is C23H35IN6. The molecule has 0 aliphatic rings. The number of para-hydroxylation sites is 1. The molecule has 6 nitrogen and oxygen atoms in total. The second kappa shape index (κ2) is 12.0. The highest BCUT2D eigenvalue weighted by Crippen LogP contribution is 2.22. The number of nitrogens with zero attached hydrogens (tertiary/aromatic N) is 3. The molecule has 2 aromatic heterocycles. The van der Waals surface area contributed by atoms with E-state index in [1.165, 1.54) is 22.0 Å². The molecule has 3 N–H and O–H groups in total. The van der Waals surface area contributed by atoms with Crippen molar-refractivity contribution in [3.8, 4) is 0 Å². The molecule has 0 saturated carbocycles. The molecule has 0 spiro atoms. The second-order valence-corrected chi connectivity index (χ2v) is 7.77. The van der Waals surface area contributed by atoms with Gasteiger partial charge in [0.15, 0.2) is 5.96 Å². The first-order valence-electron chi connectivity index (χ1n) is 10.7. The maximum absolute atomic E-state index is 4.74. The van der Waals surface area contributed by atoms with Gasteiger partial charge in [-0.1, -0.05) is 39.0 Å². The van der Waals surface area contributed by atoms with Crippen LogP contribution in [0, 0.1) is 5.92 Å². The molecule has 3 rings (SSSR count). The van der Waals surface area contributed by atoms with Crippen molar-refractivity contribution < 1.29 is 0 Å². The summed E-state index contributed by atoms with van der Waals surface area (Å²) in [5, 5.41) is 8.12. The summed E-state index contributed by atoms with van der Waals surface area (Å²) in [4.78, 5) is 12.7. The number of hydrogen-bond acceptors (Lipinski definition) is 2. The van der Waals surface area contributed by atoms with Gasteiger partial charge in [0.2, 0.25) is 0 Å². The van der Waals surface area contributed by atoms with Gasteiger partial charge in [-0.05, 0) is 36.8 Å². The number of nitrogens with one attached hydrogen (secondary N) is 3. The van der Waals surface area contributed by atoms with Crippen LogP contribution in [-0.2, 0) is 25.9 Å². The Morgan fingerprint density at radius 2 is 2.03 bits per heavy atom. The summed E-state index contributed by atoms with van der Waals surface area (Å²) >= 11 is 0. The van der Waals surface area contributed by atoms with Gasteiger partial charge in [0.05, 0.1) is 0 Å². The molecule has 2 heterocycles. The third-order valence-corrected chi connectivity index (χ3v) is 5.04. The molecule has 30 heavy (non-hydrogen) atoms.